The van der Waals surface area contributed by atoms with Gasteiger partial charge in [-0.3, -0.25) is 4.99 Å². The molecule has 7 heteroatoms. The van der Waals surface area contributed by atoms with Crippen molar-refractivity contribution in [3.05, 3.63) is 48.0 Å². The number of halogens is 2. The minimum atomic E-state index is -0.240. The molecule has 1 saturated carbocycles. The van der Waals surface area contributed by atoms with E-state index in [1.807, 2.05) is 12.3 Å². The van der Waals surface area contributed by atoms with Gasteiger partial charge in [-0.15, -0.1) is 24.0 Å². The largest absolute Gasteiger partial charge is 0.356 e. The Labute approximate surface area is 158 Å². The van der Waals surface area contributed by atoms with Crippen molar-refractivity contribution in [3.8, 4) is 5.69 Å². The van der Waals surface area contributed by atoms with E-state index < -0.39 is 0 Å². The molecular weight excluding hydrogens is 420 g/mol. The van der Waals surface area contributed by atoms with Crippen molar-refractivity contribution >= 4 is 29.9 Å². The highest BCUT2D eigenvalue weighted by atomic mass is 127. The number of rotatable bonds is 6. The molecule has 130 valence electrons. The molecule has 24 heavy (non-hydrogen) atoms. The molecule has 0 amide bonds. The van der Waals surface area contributed by atoms with E-state index in [-0.39, 0.29) is 29.8 Å². The molecule has 1 aliphatic rings. The average Bonchev–Trinajstić information content (AvgIpc) is 3.28. The zero-order valence-corrected chi connectivity index (χ0v) is 16.0. The first-order valence-electron chi connectivity index (χ1n) is 7.99. The number of hydrogen-bond acceptors (Lipinski definition) is 2. The monoisotopic (exact) mass is 443 g/mol. The maximum absolute atomic E-state index is 12.9. The molecular formula is C17H23FIN5. The van der Waals surface area contributed by atoms with Crippen LogP contribution < -0.4 is 10.6 Å². The Morgan fingerprint density at radius 3 is 2.67 bits per heavy atom. The number of nitrogens with one attached hydrogen (secondary N) is 2. The van der Waals surface area contributed by atoms with E-state index in [2.05, 4.69) is 20.7 Å². The Morgan fingerprint density at radius 1 is 1.25 bits per heavy atom. The molecule has 5 nitrogen and oxygen atoms in total. The van der Waals surface area contributed by atoms with Crippen LogP contribution in [0.25, 0.3) is 5.69 Å². The van der Waals surface area contributed by atoms with Crippen molar-refractivity contribution in [2.24, 2.45) is 10.9 Å². The molecule has 0 bridgehead atoms. The van der Waals surface area contributed by atoms with Crippen LogP contribution in [0.5, 0.6) is 0 Å². The fraction of sp³-hybridized carbons (Fsp3) is 0.412. The Hall–Kier alpha value is -1.64. The van der Waals surface area contributed by atoms with Gasteiger partial charge in [-0.2, -0.15) is 5.10 Å². The van der Waals surface area contributed by atoms with Gasteiger partial charge in [0.05, 0.1) is 11.4 Å². The lowest BCUT2D eigenvalue weighted by molar-refractivity contribution is 0.627. The average molecular weight is 443 g/mol. The van der Waals surface area contributed by atoms with Crippen molar-refractivity contribution in [2.45, 2.75) is 19.3 Å². The molecule has 1 aromatic carbocycles. The highest BCUT2D eigenvalue weighted by Gasteiger charge is 2.20. The van der Waals surface area contributed by atoms with Gasteiger partial charge in [-0.05, 0) is 49.1 Å². The van der Waals surface area contributed by atoms with Gasteiger partial charge >= 0.3 is 0 Å². The lowest BCUT2D eigenvalue weighted by Gasteiger charge is -2.10. The quantitative estimate of drug-likeness (QED) is 0.410. The van der Waals surface area contributed by atoms with Crippen LogP contribution in [0.4, 0.5) is 4.39 Å². The first kappa shape index (κ1) is 18.7. The lowest BCUT2D eigenvalue weighted by atomic mass is 10.3. The summed E-state index contributed by atoms with van der Waals surface area (Å²) in [4.78, 5) is 4.21. The van der Waals surface area contributed by atoms with Crippen LogP contribution in [0.3, 0.4) is 0 Å². The fourth-order valence-corrected chi connectivity index (χ4v) is 2.33. The predicted molar refractivity (Wildman–Crippen MR) is 105 cm³/mol. The second kappa shape index (κ2) is 9.00. The number of guanidine groups is 1. The third-order valence-corrected chi connectivity index (χ3v) is 3.89. The molecule has 2 aromatic rings. The number of hydrogen-bond donors (Lipinski definition) is 2. The number of nitrogens with zero attached hydrogens (tertiary/aromatic N) is 3. The molecule has 2 N–H and O–H groups in total. The first-order chi connectivity index (χ1) is 11.2. The Kier molecular flexibility index (Phi) is 7.01. The van der Waals surface area contributed by atoms with Gasteiger partial charge in [-0.25, -0.2) is 9.07 Å². The topological polar surface area (TPSA) is 54.2 Å². The molecule has 1 aromatic heterocycles. The predicted octanol–water partition coefficient (Wildman–Crippen LogP) is 2.75. The summed E-state index contributed by atoms with van der Waals surface area (Å²) in [5, 5.41) is 11.1. The summed E-state index contributed by atoms with van der Waals surface area (Å²) < 4.78 is 14.7. The van der Waals surface area contributed by atoms with E-state index in [4.69, 9.17) is 0 Å². The Balaban J connectivity index is 0.00000208. The van der Waals surface area contributed by atoms with Crippen LogP contribution in [0, 0.1) is 11.7 Å². The second-order valence-electron chi connectivity index (χ2n) is 5.80. The Morgan fingerprint density at radius 2 is 2.00 bits per heavy atom. The van der Waals surface area contributed by atoms with E-state index in [9.17, 15) is 4.39 Å². The van der Waals surface area contributed by atoms with Gasteiger partial charge in [0.2, 0.25) is 0 Å². The Bertz CT molecular complexity index is 664. The molecule has 1 heterocycles. The van der Waals surface area contributed by atoms with Crippen molar-refractivity contribution in [1.29, 1.82) is 0 Å². The summed E-state index contributed by atoms with van der Waals surface area (Å²) >= 11 is 0. The third kappa shape index (κ3) is 5.47. The minimum absolute atomic E-state index is 0. The molecule has 0 radical (unpaired) electrons. The smallest absolute Gasteiger partial charge is 0.190 e. The van der Waals surface area contributed by atoms with Gasteiger partial charge in [0.1, 0.15) is 5.82 Å². The van der Waals surface area contributed by atoms with E-state index in [0.717, 1.165) is 42.8 Å². The number of aromatic nitrogens is 2. The maximum Gasteiger partial charge on any atom is 0.190 e. The van der Waals surface area contributed by atoms with E-state index in [0.29, 0.717) is 0 Å². The molecule has 1 aliphatic carbocycles. The molecule has 0 saturated heterocycles. The highest BCUT2D eigenvalue weighted by Crippen LogP contribution is 2.27. The number of benzene rings is 1. The first-order valence-corrected chi connectivity index (χ1v) is 7.99. The second-order valence-corrected chi connectivity index (χ2v) is 5.80. The summed E-state index contributed by atoms with van der Waals surface area (Å²) in [7, 11) is 1.78. The zero-order chi connectivity index (χ0) is 16.1. The summed E-state index contributed by atoms with van der Waals surface area (Å²) in [5.41, 5.74) is 1.84. The standard InChI is InChI=1S/C17H22FN5.HI/c1-19-17(21-12-13-2-3-13)20-10-8-15-9-11-23(22-15)16-6-4-14(18)5-7-16;/h4-7,9,11,13H,2-3,8,10,12H2,1H3,(H2,19,20,21);1H. The van der Waals surface area contributed by atoms with Gasteiger partial charge in [0, 0.05) is 32.8 Å². The van der Waals surface area contributed by atoms with Crippen LogP contribution in [-0.2, 0) is 6.42 Å². The van der Waals surface area contributed by atoms with Crippen LogP contribution in [0.2, 0.25) is 0 Å². The van der Waals surface area contributed by atoms with Gasteiger partial charge in [-0.1, -0.05) is 0 Å². The summed E-state index contributed by atoms with van der Waals surface area (Å²) in [6, 6.07) is 8.29. The van der Waals surface area contributed by atoms with Gasteiger partial charge < -0.3 is 10.6 Å². The normalized spacial score (nSPS) is 14.2. The molecule has 0 atom stereocenters. The van der Waals surface area contributed by atoms with Crippen molar-refractivity contribution in [2.75, 3.05) is 20.1 Å². The highest BCUT2D eigenvalue weighted by molar-refractivity contribution is 14.0. The van der Waals surface area contributed by atoms with Crippen LogP contribution in [-0.4, -0.2) is 35.9 Å². The third-order valence-electron chi connectivity index (χ3n) is 3.89. The fourth-order valence-electron chi connectivity index (χ4n) is 2.33. The van der Waals surface area contributed by atoms with Crippen LogP contribution >= 0.6 is 24.0 Å². The van der Waals surface area contributed by atoms with Crippen molar-refractivity contribution in [3.63, 3.8) is 0 Å². The van der Waals surface area contributed by atoms with Gasteiger partial charge in [0.25, 0.3) is 0 Å². The van der Waals surface area contributed by atoms with Crippen molar-refractivity contribution in [1.82, 2.24) is 20.4 Å². The van der Waals surface area contributed by atoms with Crippen LogP contribution in [0.15, 0.2) is 41.5 Å². The number of aliphatic imine (C=N–C) groups is 1. The molecule has 3 rings (SSSR count). The zero-order valence-electron chi connectivity index (χ0n) is 13.7. The lowest BCUT2D eigenvalue weighted by Crippen LogP contribution is -2.39. The summed E-state index contributed by atoms with van der Waals surface area (Å²) in [6.45, 7) is 1.77. The van der Waals surface area contributed by atoms with E-state index in [1.54, 1.807) is 23.9 Å². The molecule has 0 aliphatic heterocycles. The SMILES string of the molecule is CN=C(NCCc1ccn(-c2ccc(F)cc2)n1)NCC1CC1.I. The summed E-state index contributed by atoms with van der Waals surface area (Å²) in [5.74, 6) is 1.42. The maximum atomic E-state index is 12.9. The van der Waals surface area contributed by atoms with Gasteiger partial charge in [0.15, 0.2) is 5.96 Å². The van der Waals surface area contributed by atoms with Crippen LogP contribution in [0.1, 0.15) is 18.5 Å². The van der Waals surface area contributed by atoms with Crippen molar-refractivity contribution < 1.29 is 4.39 Å². The summed E-state index contributed by atoms with van der Waals surface area (Å²) in [6.07, 6.45) is 5.34. The minimum Gasteiger partial charge on any atom is -0.356 e. The molecule has 0 spiro atoms. The van der Waals surface area contributed by atoms with E-state index in [1.165, 1.54) is 25.0 Å². The van der Waals surface area contributed by atoms with E-state index >= 15 is 0 Å². The molecule has 0 unspecified atom stereocenters. The molecule has 1 fully saturated rings.